The number of aryl methyl sites for hydroxylation is 1. The molecule has 0 spiro atoms. The molecule has 2 heterocycles. The van der Waals surface area contributed by atoms with Crippen molar-refractivity contribution in [3.05, 3.63) is 51.4 Å². The highest BCUT2D eigenvalue weighted by molar-refractivity contribution is 7.18. The molecule has 0 aliphatic rings. The van der Waals surface area contributed by atoms with Gasteiger partial charge in [-0.2, -0.15) is 13.2 Å². The third kappa shape index (κ3) is 5.42. The number of ether oxygens (including phenoxy) is 2. The van der Waals surface area contributed by atoms with Crippen molar-refractivity contribution < 1.29 is 27.4 Å². The molecule has 0 unspecified atom stereocenters. The summed E-state index contributed by atoms with van der Waals surface area (Å²) in [6.45, 7) is 1.85. The molecular formula is C20H20F3N3O4S. The van der Waals surface area contributed by atoms with Crippen molar-refractivity contribution in [1.29, 1.82) is 0 Å². The topological polar surface area (TPSA) is 82.5 Å². The van der Waals surface area contributed by atoms with Crippen LogP contribution in [-0.2, 0) is 28.7 Å². The Balaban J connectivity index is 1.83. The van der Waals surface area contributed by atoms with Gasteiger partial charge in [0.1, 0.15) is 23.7 Å². The van der Waals surface area contributed by atoms with Gasteiger partial charge in [-0.15, -0.1) is 11.3 Å². The van der Waals surface area contributed by atoms with Crippen molar-refractivity contribution >= 4 is 33.1 Å². The van der Waals surface area contributed by atoms with E-state index in [0.717, 1.165) is 34.1 Å². The summed E-state index contributed by atoms with van der Waals surface area (Å²) in [5.41, 5.74) is -1.48. The molecule has 7 nitrogen and oxygen atoms in total. The number of methoxy groups -OCH3 is 1. The second kappa shape index (κ2) is 9.48. The van der Waals surface area contributed by atoms with Gasteiger partial charge in [-0.1, -0.05) is 6.92 Å². The minimum atomic E-state index is -4.59. The lowest BCUT2D eigenvalue weighted by molar-refractivity contribution is -0.137. The molecule has 0 saturated heterocycles. The molecule has 1 N–H and O–H groups in total. The van der Waals surface area contributed by atoms with Gasteiger partial charge in [0.2, 0.25) is 5.91 Å². The fourth-order valence-corrected chi connectivity index (χ4v) is 3.73. The van der Waals surface area contributed by atoms with Gasteiger partial charge in [0, 0.05) is 12.0 Å². The first-order chi connectivity index (χ1) is 14.7. The first-order valence-electron chi connectivity index (χ1n) is 9.33. The van der Waals surface area contributed by atoms with E-state index in [0.29, 0.717) is 10.2 Å². The van der Waals surface area contributed by atoms with Crippen LogP contribution in [-0.4, -0.2) is 35.8 Å². The van der Waals surface area contributed by atoms with Gasteiger partial charge in [-0.3, -0.25) is 14.2 Å². The predicted molar refractivity (Wildman–Crippen MR) is 111 cm³/mol. The molecule has 0 aliphatic heterocycles. The lowest BCUT2D eigenvalue weighted by Gasteiger charge is -2.15. The highest BCUT2D eigenvalue weighted by Crippen LogP contribution is 2.35. The molecule has 0 aliphatic carbocycles. The zero-order valence-electron chi connectivity index (χ0n) is 16.8. The molecule has 166 valence electrons. The smallest absolute Gasteiger partial charge is 0.416 e. The first kappa shape index (κ1) is 22.8. The summed E-state index contributed by atoms with van der Waals surface area (Å²) in [5, 5.41) is 2.80. The molecule has 0 saturated carbocycles. The zero-order valence-corrected chi connectivity index (χ0v) is 17.6. The van der Waals surface area contributed by atoms with E-state index in [2.05, 4.69) is 10.3 Å². The molecule has 1 aromatic carbocycles. The van der Waals surface area contributed by atoms with Crippen LogP contribution in [0, 0.1) is 0 Å². The number of carbonyl (C=O) groups is 1. The van der Waals surface area contributed by atoms with Gasteiger partial charge in [0.05, 0.1) is 29.6 Å². The third-order valence-electron chi connectivity index (χ3n) is 4.36. The van der Waals surface area contributed by atoms with Gasteiger partial charge in [-0.25, -0.2) is 4.98 Å². The number of aromatic nitrogens is 2. The molecule has 3 rings (SSSR count). The summed E-state index contributed by atoms with van der Waals surface area (Å²) >= 11 is 1.40. The molecule has 3 aromatic rings. The summed E-state index contributed by atoms with van der Waals surface area (Å²) in [7, 11) is 1.46. The van der Waals surface area contributed by atoms with Crippen LogP contribution in [0.3, 0.4) is 0 Å². The number of rotatable bonds is 8. The second-order valence-electron chi connectivity index (χ2n) is 6.56. The van der Waals surface area contributed by atoms with Crippen LogP contribution >= 0.6 is 11.3 Å². The Labute approximate surface area is 179 Å². The van der Waals surface area contributed by atoms with E-state index in [-0.39, 0.29) is 24.7 Å². The number of fused-ring (bicyclic) bond motifs is 1. The number of carbonyl (C=O) groups excluding carboxylic acids is 1. The summed E-state index contributed by atoms with van der Waals surface area (Å²) in [6, 6.07) is 4.52. The van der Waals surface area contributed by atoms with Crippen LogP contribution in [0.2, 0.25) is 0 Å². The molecular weight excluding hydrogens is 435 g/mol. The maximum absolute atomic E-state index is 13.1. The van der Waals surface area contributed by atoms with Crippen molar-refractivity contribution in [1.82, 2.24) is 9.55 Å². The maximum Gasteiger partial charge on any atom is 0.416 e. The van der Waals surface area contributed by atoms with Crippen molar-refractivity contribution in [2.75, 3.05) is 25.6 Å². The molecule has 2 aromatic heterocycles. The number of alkyl halides is 3. The van der Waals surface area contributed by atoms with Gasteiger partial charge < -0.3 is 14.8 Å². The normalized spacial score (nSPS) is 11.6. The van der Waals surface area contributed by atoms with Crippen LogP contribution < -0.4 is 15.6 Å². The minimum absolute atomic E-state index is 0.0600. The number of halogens is 3. The molecule has 0 fully saturated rings. The van der Waals surface area contributed by atoms with Gasteiger partial charge in [0.15, 0.2) is 0 Å². The average Bonchev–Trinajstić information content (AvgIpc) is 3.15. The van der Waals surface area contributed by atoms with E-state index < -0.39 is 29.8 Å². The minimum Gasteiger partial charge on any atom is -0.489 e. The van der Waals surface area contributed by atoms with Crippen LogP contribution in [0.1, 0.15) is 17.4 Å². The number of nitrogens with zero attached hydrogens (tertiary/aromatic N) is 2. The lowest BCUT2D eigenvalue weighted by Crippen LogP contribution is -2.27. The van der Waals surface area contributed by atoms with Crippen molar-refractivity contribution in [2.45, 2.75) is 26.1 Å². The van der Waals surface area contributed by atoms with Crippen LogP contribution in [0.4, 0.5) is 18.9 Å². The van der Waals surface area contributed by atoms with E-state index in [1.807, 2.05) is 6.92 Å². The van der Waals surface area contributed by atoms with Crippen LogP contribution in [0.25, 0.3) is 10.2 Å². The molecule has 11 heteroatoms. The summed E-state index contributed by atoms with van der Waals surface area (Å²) in [5.74, 6) is -0.630. The Kier molecular flexibility index (Phi) is 6.96. The van der Waals surface area contributed by atoms with Gasteiger partial charge in [0.25, 0.3) is 5.56 Å². The molecule has 0 radical (unpaired) electrons. The lowest BCUT2D eigenvalue weighted by atomic mass is 10.1. The number of amides is 1. The third-order valence-corrected chi connectivity index (χ3v) is 5.54. The fraction of sp³-hybridized carbons (Fsp3) is 0.350. The number of nitrogens with one attached hydrogen (secondary N) is 1. The van der Waals surface area contributed by atoms with Crippen LogP contribution in [0.5, 0.6) is 5.75 Å². The predicted octanol–water partition coefficient (Wildman–Crippen LogP) is 3.70. The fourth-order valence-electron chi connectivity index (χ4n) is 2.81. The van der Waals surface area contributed by atoms with E-state index >= 15 is 0 Å². The summed E-state index contributed by atoms with van der Waals surface area (Å²) < 4.78 is 50.7. The summed E-state index contributed by atoms with van der Waals surface area (Å²) in [6.07, 6.45) is -2.59. The maximum atomic E-state index is 13.1. The number of hydrogen-bond donors (Lipinski definition) is 1. The molecule has 1 amide bonds. The Bertz CT molecular complexity index is 1140. The number of benzene rings is 1. The second-order valence-corrected chi connectivity index (χ2v) is 7.68. The highest BCUT2D eigenvalue weighted by Gasteiger charge is 2.31. The SMILES string of the molecule is CCc1cc2c(=O)n(CC(=O)Nc3cc(C(F)(F)F)ccc3OCCOC)cnc2s1. The van der Waals surface area contributed by atoms with Crippen molar-refractivity contribution in [2.24, 2.45) is 0 Å². The van der Waals surface area contributed by atoms with E-state index in [1.165, 1.54) is 24.8 Å². The Hall–Kier alpha value is -2.92. The van der Waals surface area contributed by atoms with Crippen molar-refractivity contribution in [3.8, 4) is 5.75 Å². The summed E-state index contributed by atoms with van der Waals surface area (Å²) in [4.78, 5) is 30.9. The standard InChI is InChI=1S/C20H20F3N3O4S/c1-3-13-9-14-18(31-13)24-11-26(19(14)28)10-17(27)25-15-8-12(20(21,22)23)4-5-16(15)30-7-6-29-2/h4-5,8-9,11H,3,6-7,10H2,1-2H3,(H,25,27). The van der Waals surface area contributed by atoms with Gasteiger partial charge in [-0.05, 0) is 30.7 Å². The largest absolute Gasteiger partial charge is 0.489 e. The monoisotopic (exact) mass is 455 g/mol. The van der Waals surface area contributed by atoms with Crippen LogP contribution in [0.15, 0.2) is 35.4 Å². The number of anilines is 1. The van der Waals surface area contributed by atoms with Gasteiger partial charge >= 0.3 is 6.18 Å². The first-order valence-corrected chi connectivity index (χ1v) is 10.1. The van der Waals surface area contributed by atoms with E-state index in [9.17, 15) is 22.8 Å². The molecule has 0 atom stereocenters. The Morgan fingerprint density at radius 1 is 1.26 bits per heavy atom. The number of thiophene rings is 1. The van der Waals surface area contributed by atoms with E-state index in [1.54, 1.807) is 6.07 Å². The zero-order chi connectivity index (χ0) is 22.6. The van der Waals surface area contributed by atoms with E-state index in [4.69, 9.17) is 9.47 Å². The Morgan fingerprint density at radius 2 is 2.03 bits per heavy atom. The molecule has 0 bridgehead atoms. The number of hydrogen-bond acceptors (Lipinski definition) is 6. The highest BCUT2D eigenvalue weighted by atomic mass is 32.1. The van der Waals surface area contributed by atoms with Crippen molar-refractivity contribution in [3.63, 3.8) is 0 Å². The Morgan fingerprint density at radius 3 is 2.71 bits per heavy atom. The molecule has 31 heavy (non-hydrogen) atoms. The quantitative estimate of drug-likeness (QED) is 0.524. The average molecular weight is 455 g/mol.